The van der Waals surface area contributed by atoms with Gasteiger partial charge in [-0.2, -0.15) is 0 Å². The molecule has 4 rings (SSSR count). The molecule has 172 valence electrons. The topological polar surface area (TPSA) is 55.4 Å². The highest BCUT2D eigenvalue weighted by atomic mass is 16.5. The van der Waals surface area contributed by atoms with Crippen molar-refractivity contribution in [2.24, 2.45) is 5.92 Å². The van der Waals surface area contributed by atoms with Gasteiger partial charge in [-0.1, -0.05) is 60.5 Å². The molecule has 4 heteroatoms. The number of carbonyl (C=O) groups is 2. The van der Waals surface area contributed by atoms with Crippen molar-refractivity contribution < 1.29 is 14.3 Å². The van der Waals surface area contributed by atoms with Gasteiger partial charge >= 0.3 is 5.97 Å². The Morgan fingerprint density at radius 1 is 1.21 bits per heavy atom. The Bertz CT molecular complexity index is 1310. The van der Waals surface area contributed by atoms with Gasteiger partial charge in [-0.15, -0.1) is 6.42 Å². The number of hydrogen-bond acceptors (Lipinski definition) is 4. The van der Waals surface area contributed by atoms with Gasteiger partial charge in [0.2, 0.25) is 0 Å². The summed E-state index contributed by atoms with van der Waals surface area (Å²) in [5, 5.41) is 5.48. The summed E-state index contributed by atoms with van der Waals surface area (Å²) in [7, 11) is 0. The van der Waals surface area contributed by atoms with Gasteiger partial charge in [0.05, 0.1) is 12.2 Å². The molecular weight excluding hydrogens is 422 g/mol. The summed E-state index contributed by atoms with van der Waals surface area (Å²) in [6.45, 7) is 5.88. The number of Topliss-reactive ketones (excluding diaryl/α,β-unsaturated/α-hetero) is 1. The summed E-state index contributed by atoms with van der Waals surface area (Å²) in [6.07, 6.45) is 12.2. The van der Waals surface area contributed by atoms with Gasteiger partial charge in [-0.05, 0) is 61.1 Å². The highest BCUT2D eigenvalue weighted by Crippen LogP contribution is 2.46. The monoisotopic (exact) mass is 451 g/mol. The maximum atomic E-state index is 13.7. The lowest BCUT2D eigenvalue weighted by molar-refractivity contribution is -0.138. The third kappa shape index (κ3) is 4.22. The van der Waals surface area contributed by atoms with Crippen molar-refractivity contribution in [3.8, 4) is 12.3 Å². The molecule has 0 aromatic heterocycles. The first-order valence-electron chi connectivity index (χ1n) is 11.7. The maximum absolute atomic E-state index is 13.7. The molecule has 1 aliphatic carbocycles. The van der Waals surface area contributed by atoms with Gasteiger partial charge in [0.15, 0.2) is 5.78 Å². The van der Waals surface area contributed by atoms with Gasteiger partial charge in [0.1, 0.15) is 0 Å². The Hall–Kier alpha value is -3.84. The van der Waals surface area contributed by atoms with E-state index in [1.54, 1.807) is 13.0 Å². The lowest BCUT2D eigenvalue weighted by Crippen LogP contribution is -2.36. The average molecular weight is 452 g/mol. The number of fused-ring (bicyclic) bond motifs is 1. The van der Waals surface area contributed by atoms with Crippen LogP contribution in [0.1, 0.15) is 45.1 Å². The number of terminal acetylenes is 1. The number of carbonyl (C=O) groups excluding carboxylic acids is 2. The normalized spacial score (nSPS) is 20.9. The number of esters is 1. The minimum atomic E-state index is -0.489. The molecule has 2 aromatic carbocycles. The number of ether oxygens (including phenoxy) is 1. The predicted octanol–water partition coefficient (Wildman–Crippen LogP) is 5.73. The van der Waals surface area contributed by atoms with Crippen molar-refractivity contribution in [3.05, 3.63) is 94.4 Å². The van der Waals surface area contributed by atoms with E-state index in [1.165, 1.54) is 0 Å². The van der Waals surface area contributed by atoms with Crippen LogP contribution in [0.25, 0.3) is 10.8 Å². The Kier molecular flexibility index (Phi) is 6.84. The van der Waals surface area contributed by atoms with Gasteiger partial charge in [-0.25, -0.2) is 4.79 Å². The summed E-state index contributed by atoms with van der Waals surface area (Å²) in [4.78, 5) is 26.9. The second-order valence-corrected chi connectivity index (χ2v) is 8.62. The molecule has 0 saturated heterocycles. The first kappa shape index (κ1) is 23.3. The summed E-state index contributed by atoms with van der Waals surface area (Å²) >= 11 is 0. The van der Waals surface area contributed by atoms with E-state index in [-0.39, 0.29) is 18.3 Å². The van der Waals surface area contributed by atoms with E-state index in [2.05, 4.69) is 11.2 Å². The molecule has 2 unspecified atom stereocenters. The summed E-state index contributed by atoms with van der Waals surface area (Å²) in [5.41, 5.74) is 4.63. The van der Waals surface area contributed by atoms with Crippen LogP contribution in [0.2, 0.25) is 0 Å². The fourth-order valence-electron chi connectivity index (χ4n) is 5.16. The number of nitrogens with one attached hydrogen (secondary N) is 1. The van der Waals surface area contributed by atoms with Gasteiger partial charge in [0, 0.05) is 29.3 Å². The van der Waals surface area contributed by atoms with E-state index in [1.807, 2.05) is 68.5 Å². The van der Waals surface area contributed by atoms with Crippen molar-refractivity contribution in [1.82, 2.24) is 5.32 Å². The molecule has 0 amide bonds. The number of hydrogen-bond donors (Lipinski definition) is 1. The fourth-order valence-corrected chi connectivity index (χ4v) is 5.16. The highest BCUT2D eigenvalue weighted by Gasteiger charge is 2.42. The average Bonchev–Trinajstić information content (AvgIpc) is 2.82. The highest BCUT2D eigenvalue weighted by molar-refractivity contribution is 6.05. The quantitative estimate of drug-likeness (QED) is 0.358. The summed E-state index contributed by atoms with van der Waals surface area (Å²) in [5.74, 6) is 1.73. The molecule has 1 N–H and O–H groups in total. The molecule has 34 heavy (non-hydrogen) atoms. The molecular formula is C30H29NO3. The van der Waals surface area contributed by atoms with Crippen molar-refractivity contribution in [2.75, 3.05) is 6.61 Å². The Morgan fingerprint density at radius 3 is 2.71 bits per heavy atom. The summed E-state index contributed by atoms with van der Waals surface area (Å²) < 4.78 is 5.44. The number of ketones is 1. The predicted molar refractivity (Wildman–Crippen MR) is 136 cm³/mol. The molecule has 0 radical (unpaired) electrons. The van der Waals surface area contributed by atoms with Crippen LogP contribution in [0.4, 0.5) is 0 Å². The molecule has 1 heterocycles. The molecule has 0 saturated carbocycles. The van der Waals surface area contributed by atoms with Gasteiger partial charge in [0.25, 0.3) is 0 Å². The van der Waals surface area contributed by atoms with Crippen LogP contribution in [0.3, 0.4) is 0 Å². The largest absolute Gasteiger partial charge is 0.463 e. The van der Waals surface area contributed by atoms with Crippen LogP contribution in [0, 0.1) is 18.3 Å². The van der Waals surface area contributed by atoms with Crippen LogP contribution in [0.5, 0.6) is 0 Å². The van der Waals surface area contributed by atoms with E-state index in [4.69, 9.17) is 11.2 Å². The zero-order chi connectivity index (χ0) is 24.2. The Morgan fingerprint density at radius 2 is 1.97 bits per heavy atom. The second-order valence-electron chi connectivity index (χ2n) is 8.62. The van der Waals surface area contributed by atoms with Gasteiger partial charge < -0.3 is 10.1 Å². The minimum Gasteiger partial charge on any atom is -0.463 e. The zero-order valence-electron chi connectivity index (χ0n) is 19.9. The second kappa shape index (κ2) is 9.97. The lowest BCUT2D eigenvalue weighted by atomic mass is 9.71. The zero-order valence-corrected chi connectivity index (χ0v) is 19.9. The van der Waals surface area contributed by atoms with Crippen LogP contribution < -0.4 is 5.32 Å². The van der Waals surface area contributed by atoms with E-state index in [9.17, 15) is 9.59 Å². The van der Waals surface area contributed by atoms with Crippen LogP contribution in [0.15, 0.2) is 88.8 Å². The first-order valence-corrected chi connectivity index (χ1v) is 11.7. The Balaban J connectivity index is 1.90. The molecule has 2 aliphatic rings. The van der Waals surface area contributed by atoms with Crippen molar-refractivity contribution in [2.45, 2.75) is 39.5 Å². The smallest absolute Gasteiger partial charge is 0.336 e. The molecule has 4 nitrogen and oxygen atoms in total. The fraction of sp³-hybridized carbons (Fsp3) is 0.267. The standard InChI is InChI=1S/C30H29NO3/c1-5-11-20(12-6-2)22-17-25-29(26(32)18-22)28(27(19(4)31-25)30(33)34-7-3)24-16-10-14-21-13-8-9-15-23(21)24/h1,6,8-16,22,28,31H,7,17-18H2,2-4H3/b12-6-,20-11+. The van der Waals surface area contributed by atoms with E-state index in [0.717, 1.165) is 33.3 Å². The minimum absolute atomic E-state index is 0.0175. The first-order chi connectivity index (χ1) is 16.5. The summed E-state index contributed by atoms with van der Waals surface area (Å²) in [6, 6.07) is 14.1. The molecule has 1 aliphatic heterocycles. The third-order valence-corrected chi connectivity index (χ3v) is 6.54. The van der Waals surface area contributed by atoms with Gasteiger partial charge in [-0.3, -0.25) is 4.79 Å². The number of dihydropyridines is 1. The van der Waals surface area contributed by atoms with Crippen LogP contribution >= 0.6 is 0 Å². The molecule has 2 aromatic rings. The number of benzene rings is 2. The van der Waals surface area contributed by atoms with Crippen LogP contribution in [-0.4, -0.2) is 18.4 Å². The van der Waals surface area contributed by atoms with E-state index in [0.29, 0.717) is 24.0 Å². The van der Waals surface area contributed by atoms with E-state index >= 15 is 0 Å². The van der Waals surface area contributed by atoms with E-state index < -0.39 is 11.9 Å². The van der Waals surface area contributed by atoms with Crippen LogP contribution in [-0.2, 0) is 14.3 Å². The molecule has 0 fully saturated rings. The SMILES string of the molecule is C#C/C=C(\C=C/C)C1CC(=O)C2=C(C1)NC(C)=C(C(=O)OCC)C2c1cccc2ccccc12. The number of allylic oxidation sites excluding steroid dienone is 7. The van der Waals surface area contributed by atoms with Crippen molar-refractivity contribution in [3.63, 3.8) is 0 Å². The van der Waals surface area contributed by atoms with Crippen molar-refractivity contribution in [1.29, 1.82) is 0 Å². The maximum Gasteiger partial charge on any atom is 0.336 e. The Labute approximate surface area is 201 Å². The number of rotatable bonds is 5. The molecule has 0 spiro atoms. The van der Waals surface area contributed by atoms with Crippen molar-refractivity contribution >= 4 is 22.5 Å². The lowest BCUT2D eigenvalue weighted by Gasteiger charge is -2.37. The molecule has 2 atom stereocenters. The molecule has 0 bridgehead atoms. The third-order valence-electron chi connectivity index (χ3n) is 6.54.